The number of rotatable bonds is 3. The minimum Gasteiger partial charge on any atom is -0.329 e. The standard InChI is InChI=1S/C14H19F2N/c1-2-11-6-3-4-9-17(11)10-12-13(15)7-5-8-14(12)16/h5,7-8,11H,2-4,6,9-10H2,1H3/p+1/t11-/m1/s1. The van der Waals surface area contributed by atoms with Gasteiger partial charge in [0.25, 0.3) is 0 Å². The second kappa shape index (κ2) is 5.58. The highest BCUT2D eigenvalue weighted by Crippen LogP contribution is 2.12. The number of quaternary nitrogens is 1. The molecule has 0 radical (unpaired) electrons. The van der Waals surface area contributed by atoms with Crippen molar-refractivity contribution in [1.82, 2.24) is 0 Å². The molecule has 17 heavy (non-hydrogen) atoms. The summed E-state index contributed by atoms with van der Waals surface area (Å²) in [5.41, 5.74) is 0.253. The van der Waals surface area contributed by atoms with Crippen LogP contribution in [0.5, 0.6) is 0 Å². The van der Waals surface area contributed by atoms with E-state index in [4.69, 9.17) is 0 Å². The molecule has 0 bridgehead atoms. The topological polar surface area (TPSA) is 4.44 Å². The number of hydrogen-bond donors (Lipinski definition) is 1. The number of nitrogens with one attached hydrogen (secondary N) is 1. The average molecular weight is 240 g/mol. The Morgan fingerprint density at radius 3 is 2.59 bits per heavy atom. The van der Waals surface area contributed by atoms with E-state index < -0.39 is 11.6 Å². The van der Waals surface area contributed by atoms with Crippen molar-refractivity contribution < 1.29 is 13.7 Å². The van der Waals surface area contributed by atoms with Gasteiger partial charge in [-0.05, 0) is 37.8 Å². The molecule has 1 nitrogen and oxygen atoms in total. The van der Waals surface area contributed by atoms with Crippen LogP contribution in [0.3, 0.4) is 0 Å². The van der Waals surface area contributed by atoms with E-state index in [2.05, 4.69) is 6.92 Å². The summed E-state index contributed by atoms with van der Waals surface area (Å²) in [6, 6.07) is 4.69. The minimum atomic E-state index is -0.405. The van der Waals surface area contributed by atoms with Crippen LogP contribution in [-0.2, 0) is 6.54 Å². The third-order valence-electron chi connectivity index (χ3n) is 3.84. The Hall–Kier alpha value is -0.960. The highest BCUT2D eigenvalue weighted by Gasteiger charge is 2.26. The van der Waals surface area contributed by atoms with Crippen LogP contribution in [0.2, 0.25) is 0 Å². The highest BCUT2D eigenvalue weighted by atomic mass is 19.1. The van der Waals surface area contributed by atoms with Gasteiger partial charge in [0.15, 0.2) is 0 Å². The summed E-state index contributed by atoms with van der Waals surface area (Å²) in [5.74, 6) is -0.809. The van der Waals surface area contributed by atoms with Crippen molar-refractivity contribution in [3.8, 4) is 0 Å². The van der Waals surface area contributed by atoms with E-state index in [1.54, 1.807) is 0 Å². The van der Waals surface area contributed by atoms with Crippen LogP contribution >= 0.6 is 0 Å². The molecule has 1 aliphatic heterocycles. The van der Waals surface area contributed by atoms with E-state index in [0.717, 1.165) is 13.0 Å². The lowest BCUT2D eigenvalue weighted by atomic mass is 9.99. The Balaban J connectivity index is 2.13. The van der Waals surface area contributed by atoms with E-state index in [0.29, 0.717) is 12.6 Å². The second-order valence-corrected chi connectivity index (χ2v) is 4.89. The molecule has 1 aromatic rings. The molecule has 1 aromatic carbocycles. The number of hydrogen-bond acceptors (Lipinski definition) is 0. The Kier molecular flexibility index (Phi) is 4.11. The molecule has 1 heterocycles. The number of halogens is 2. The maximum atomic E-state index is 13.6. The van der Waals surface area contributed by atoms with E-state index in [1.807, 2.05) is 0 Å². The van der Waals surface area contributed by atoms with Crippen LogP contribution in [-0.4, -0.2) is 12.6 Å². The molecule has 1 aliphatic rings. The van der Waals surface area contributed by atoms with Crippen molar-refractivity contribution in [1.29, 1.82) is 0 Å². The normalized spacial score (nSPS) is 24.9. The first-order valence-electron chi connectivity index (χ1n) is 6.49. The monoisotopic (exact) mass is 240 g/mol. The summed E-state index contributed by atoms with van der Waals surface area (Å²) in [6.45, 7) is 3.68. The van der Waals surface area contributed by atoms with Gasteiger partial charge in [0.05, 0.1) is 18.2 Å². The smallest absolute Gasteiger partial charge is 0.135 e. The Labute approximate surface area is 101 Å². The fourth-order valence-corrected chi connectivity index (χ4v) is 2.80. The van der Waals surface area contributed by atoms with E-state index in [9.17, 15) is 8.78 Å². The van der Waals surface area contributed by atoms with Gasteiger partial charge < -0.3 is 4.90 Å². The van der Waals surface area contributed by atoms with Gasteiger partial charge in [-0.3, -0.25) is 0 Å². The van der Waals surface area contributed by atoms with Crippen LogP contribution in [0.4, 0.5) is 8.78 Å². The van der Waals surface area contributed by atoms with E-state index in [-0.39, 0.29) is 5.56 Å². The molecular weight excluding hydrogens is 220 g/mol. The Morgan fingerprint density at radius 2 is 1.94 bits per heavy atom. The molecule has 0 aromatic heterocycles. The van der Waals surface area contributed by atoms with Crippen LogP contribution in [0, 0.1) is 11.6 Å². The maximum absolute atomic E-state index is 13.6. The molecule has 94 valence electrons. The van der Waals surface area contributed by atoms with Gasteiger partial charge in [0.1, 0.15) is 18.2 Å². The largest absolute Gasteiger partial charge is 0.329 e. The predicted molar refractivity (Wildman–Crippen MR) is 63.8 cm³/mol. The molecule has 0 saturated carbocycles. The van der Waals surface area contributed by atoms with Crippen LogP contribution in [0.15, 0.2) is 18.2 Å². The molecule has 3 heteroatoms. The lowest BCUT2D eigenvalue weighted by Gasteiger charge is -2.32. The molecule has 0 spiro atoms. The lowest BCUT2D eigenvalue weighted by Crippen LogP contribution is -3.15. The third kappa shape index (κ3) is 2.83. The minimum absolute atomic E-state index is 0.253. The molecule has 0 amide bonds. The quantitative estimate of drug-likeness (QED) is 0.827. The summed E-state index contributed by atoms with van der Waals surface area (Å²) < 4.78 is 27.2. The first kappa shape index (κ1) is 12.5. The lowest BCUT2D eigenvalue weighted by molar-refractivity contribution is -0.944. The Bertz CT molecular complexity index is 358. The zero-order chi connectivity index (χ0) is 12.3. The predicted octanol–water partition coefficient (Wildman–Crippen LogP) is 2.31. The molecule has 0 aliphatic carbocycles. The third-order valence-corrected chi connectivity index (χ3v) is 3.84. The fraction of sp³-hybridized carbons (Fsp3) is 0.571. The van der Waals surface area contributed by atoms with Crippen molar-refractivity contribution in [3.63, 3.8) is 0 Å². The molecular formula is C14H20F2N+. The number of likely N-dealkylation sites (tertiary alicyclic amines) is 1. The molecule has 1 fully saturated rings. The summed E-state index contributed by atoms with van der Waals surface area (Å²) in [4.78, 5) is 1.34. The molecule has 1 saturated heterocycles. The van der Waals surface area contributed by atoms with Crippen LogP contribution in [0.25, 0.3) is 0 Å². The SMILES string of the molecule is CC[C@@H]1CCCC[NH+]1Cc1c(F)cccc1F. The first-order valence-corrected chi connectivity index (χ1v) is 6.49. The van der Waals surface area contributed by atoms with Crippen molar-refractivity contribution in [2.24, 2.45) is 0 Å². The van der Waals surface area contributed by atoms with Gasteiger partial charge in [-0.25, -0.2) is 8.78 Å². The summed E-state index contributed by atoms with van der Waals surface area (Å²) in [5, 5.41) is 0. The summed E-state index contributed by atoms with van der Waals surface area (Å²) >= 11 is 0. The van der Waals surface area contributed by atoms with E-state index >= 15 is 0 Å². The van der Waals surface area contributed by atoms with Crippen molar-refractivity contribution in [2.75, 3.05) is 6.54 Å². The highest BCUT2D eigenvalue weighted by molar-refractivity contribution is 5.18. The molecule has 1 unspecified atom stereocenters. The zero-order valence-corrected chi connectivity index (χ0v) is 10.3. The van der Waals surface area contributed by atoms with Gasteiger partial charge >= 0.3 is 0 Å². The summed E-state index contributed by atoms with van der Waals surface area (Å²) in [7, 11) is 0. The summed E-state index contributed by atoms with van der Waals surface area (Å²) in [6.07, 6.45) is 4.69. The van der Waals surface area contributed by atoms with Crippen LogP contribution < -0.4 is 4.90 Å². The number of benzene rings is 1. The van der Waals surface area contributed by atoms with E-state index in [1.165, 1.54) is 42.4 Å². The van der Waals surface area contributed by atoms with Gasteiger partial charge in [-0.1, -0.05) is 13.0 Å². The van der Waals surface area contributed by atoms with Gasteiger partial charge in [0.2, 0.25) is 0 Å². The van der Waals surface area contributed by atoms with Gasteiger partial charge in [-0.2, -0.15) is 0 Å². The number of piperidine rings is 1. The fourth-order valence-electron chi connectivity index (χ4n) is 2.80. The van der Waals surface area contributed by atoms with Gasteiger partial charge in [0, 0.05) is 0 Å². The van der Waals surface area contributed by atoms with Gasteiger partial charge in [-0.15, -0.1) is 0 Å². The molecule has 2 rings (SSSR count). The zero-order valence-electron chi connectivity index (χ0n) is 10.3. The van der Waals surface area contributed by atoms with Crippen LogP contribution in [0.1, 0.15) is 38.2 Å². The van der Waals surface area contributed by atoms with Crippen molar-refractivity contribution in [2.45, 2.75) is 45.2 Å². The Morgan fingerprint density at radius 1 is 1.24 bits per heavy atom. The molecule has 1 N–H and O–H groups in total. The first-order chi connectivity index (χ1) is 8.22. The van der Waals surface area contributed by atoms with Crippen molar-refractivity contribution >= 4 is 0 Å². The molecule has 2 atom stereocenters. The second-order valence-electron chi connectivity index (χ2n) is 4.89. The van der Waals surface area contributed by atoms with Crippen molar-refractivity contribution in [3.05, 3.63) is 35.4 Å². The average Bonchev–Trinajstić information content (AvgIpc) is 2.34. The maximum Gasteiger partial charge on any atom is 0.135 e.